The second kappa shape index (κ2) is 12.1. The van der Waals surface area contributed by atoms with Gasteiger partial charge in [0.2, 0.25) is 0 Å². The molecule has 43 heavy (non-hydrogen) atoms. The molecule has 0 aliphatic carbocycles. The summed E-state index contributed by atoms with van der Waals surface area (Å²) in [6.45, 7) is 3.93. The number of hydrogen-bond donors (Lipinski definition) is 2. The Morgan fingerprint density at radius 2 is 1.53 bits per heavy atom. The number of nitrogens with one attached hydrogen (secondary N) is 2. The maximum absolute atomic E-state index is 14.3. The van der Waals surface area contributed by atoms with E-state index in [-0.39, 0.29) is 22.5 Å². The van der Waals surface area contributed by atoms with Gasteiger partial charge in [-0.15, -0.1) is 5.10 Å². The molecule has 1 heterocycles. The van der Waals surface area contributed by atoms with Gasteiger partial charge in [0.15, 0.2) is 10.9 Å². The third-order valence-electron chi connectivity index (χ3n) is 6.24. The lowest BCUT2D eigenvalue weighted by Gasteiger charge is -2.30. The van der Waals surface area contributed by atoms with E-state index in [4.69, 9.17) is 12.2 Å². The maximum Gasteiger partial charge on any atom is 0.435 e. The van der Waals surface area contributed by atoms with Gasteiger partial charge in [0, 0.05) is 16.8 Å². The molecule has 0 atom stereocenters. The summed E-state index contributed by atoms with van der Waals surface area (Å²) in [5, 5.41) is 11.3. The summed E-state index contributed by atoms with van der Waals surface area (Å²) in [5.74, 6) is -0.0738. The minimum atomic E-state index is -6.21. The number of rotatable bonds is 7. The fraction of sp³-hybridized carbons (Fsp3) is 0.214. The van der Waals surface area contributed by atoms with E-state index in [9.17, 15) is 35.1 Å². The van der Waals surface area contributed by atoms with Crippen LogP contribution in [0.1, 0.15) is 36.5 Å². The number of thiocarbonyl (C=S) groups is 1. The molecule has 0 bridgehead atoms. The fourth-order valence-corrected chi connectivity index (χ4v) is 4.19. The van der Waals surface area contributed by atoms with E-state index in [0.29, 0.717) is 28.9 Å². The van der Waals surface area contributed by atoms with Crippen LogP contribution in [0.15, 0.2) is 78.2 Å². The first-order chi connectivity index (χ1) is 20.1. The first kappa shape index (κ1) is 31.5. The summed E-state index contributed by atoms with van der Waals surface area (Å²) < 4.78 is 107. The van der Waals surface area contributed by atoms with Crippen LogP contribution in [0.4, 0.5) is 40.8 Å². The van der Waals surface area contributed by atoms with Crippen LogP contribution in [0.2, 0.25) is 0 Å². The second-order valence-corrected chi connectivity index (χ2v) is 9.95. The zero-order chi connectivity index (χ0) is 31.6. The van der Waals surface area contributed by atoms with Gasteiger partial charge < -0.3 is 5.32 Å². The van der Waals surface area contributed by atoms with Crippen LogP contribution < -0.4 is 10.7 Å². The van der Waals surface area contributed by atoms with E-state index in [0.717, 1.165) is 22.4 Å². The Morgan fingerprint density at radius 1 is 0.907 bits per heavy atom. The van der Waals surface area contributed by atoms with Crippen LogP contribution >= 0.6 is 12.2 Å². The quantitative estimate of drug-likeness (QED) is 0.0949. The van der Waals surface area contributed by atoms with Crippen molar-refractivity contribution >= 4 is 29.2 Å². The molecule has 0 saturated heterocycles. The summed E-state index contributed by atoms with van der Waals surface area (Å²) in [5.41, 5.74) is -1.81. The molecule has 0 radical (unpaired) electrons. The third-order valence-corrected chi connectivity index (χ3v) is 6.43. The lowest BCUT2D eigenvalue weighted by molar-refractivity contribution is -0.348. The summed E-state index contributed by atoms with van der Waals surface area (Å²) in [6.07, 6.45) is -9.73. The first-order valence-corrected chi connectivity index (χ1v) is 12.9. The van der Waals surface area contributed by atoms with Crippen molar-refractivity contribution in [2.24, 2.45) is 5.10 Å². The Hall–Kier alpha value is -4.40. The Morgan fingerprint density at radius 3 is 2.12 bits per heavy atom. The van der Waals surface area contributed by atoms with Crippen molar-refractivity contribution in [2.75, 3.05) is 5.32 Å². The minimum absolute atomic E-state index is 0.0624. The second-order valence-electron chi connectivity index (χ2n) is 9.55. The number of alkyl halides is 7. The highest BCUT2D eigenvalue weighted by Crippen LogP contribution is 2.53. The highest BCUT2D eigenvalue weighted by molar-refractivity contribution is 7.80. The number of anilines is 1. The van der Waals surface area contributed by atoms with Crippen molar-refractivity contribution in [1.82, 2.24) is 20.2 Å². The smallest absolute Gasteiger partial charge is 0.331 e. The molecule has 0 saturated carbocycles. The number of nitrogens with zero attached hydrogens (tertiary/aromatic N) is 4. The highest BCUT2D eigenvalue weighted by Gasteiger charge is 2.73. The average Bonchev–Trinajstić information content (AvgIpc) is 3.42. The molecule has 226 valence electrons. The maximum atomic E-state index is 14.3. The van der Waals surface area contributed by atoms with E-state index < -0.39 is 29.4 Å². The van der Waals surface area contributed by atoms with Gasteiger partial charge in [-0.05, 0) is 53.5 Å². The van der Waals surface area contributed by atoms with Crippen LogP contribution in [0.25, 0.3) is 17.1 Å². The molecular weight excluding hydrogens is 604 g/mol. The summed E-state index contributed by atoms with van der Waals surface area (Å²) in [6, 6.07) is 13.6. The number of benzene rings is 3. The molecular formula is C28H22F8N6S. The molecule has 1 aromatic heterocycles. The number of halogens is 8. The topological polar surface area (TPSA) is 67.1 Å². The molecule has 0 amide bonds. The van der Waals surface area contributed by atoms with Crippen LogP contribution in [-0.4, -0.2) is 38.4 Å². The SMILES string of the molecule is CC(C)c1ccc(F)cc1NC(=S)NN=Cc1ccc(-c2ncn(-c3ccc(C(F)(C(F)(F)F)C(F)(F)F)cc3)n2)cc1. The molecule has 0 aliphatic heterocycles. The van der Waals surface area contributed by atoms with Crippen molar-refractivity contribution < 1.29 is 35.1 Å². The molecule has 4 rings (SSSR count). The lowest BCUT2D eigenvalue weighted by Crippen LogP contribution is -2.50. The van der Waals surface area contributed by atoms with Gasteiger partial charge in [0.05, 0.1) is 11.9 Å². The van der Waals surface area contributed by atoms with E-state index in [1.54, 1.807) is 30.3 Å². The monoisotopic (exact) mass is 626 g/mol. The largest absolute Gasteiger partial charge is 0.435 e. The third kappa shape index (κ3) is 6.82. The molecule has 2 N–H and O–H groups in total. The normalized spacial score (nSPS) is 12.6. The van der Waals surface area contributed by atoms with Crippen LogP contribution in [0, 0.1) is 5.82 Å². The molecule has 0 spiro atoms. The number of aromatic nitrogens is 3. The Kier molecular flexibility index (Phi) is 8.85. The summed E-state index contributed by atoms with van der Waals surface area (Å²) in [4.78, 5) is 4.11. The molecule has 0 fully saturated rings. The predicted molar refractivity (Wildman–Crippen MR) is 149 cm³/mol. The van der Waals surface area contributed by atoms with E-state index in [2.05, 4.69) is 25.9 Å². The molecule has 6 nitrogen and oxygen atoms in total. The lowest BCUT2D eigenvalue weighted by atomic mass is 9.94. The first-order valence-electron chi connectivity index (χ1n) is 12.4. The van der Waals surface area contributed by atoms with Crippen molar-refractivity contribution in [1.29, 1.82) is 0 Å². The number of hydrazone groups is 1. The van der Waals surface area contributed by atoms with Gasteiger partial charge >= 0.3 is 18.0 Å². The van der Waals surface area contributed by atoms with Crippen molar-refractivity contribution in [2.45, 2.75) is 37.8 Å². The van der Waals surface area contributed by atoms with Gasteiger partial charge in [-0.2, -0.15) is 31.4 Å². The van der Waals surface area contributed by atoms with E-state index in [1.807, 2.05) is 13.8 Å². The van der Waals surface area contributed by atoms with Crippen molar-refractivity contribution in [3.63, 3.8) is 0 Å². The summed E-state index contributed by atoms with van der Waals surface area (Å²) >= 11 is 5.23. The van der Waals surface area contributed by atoms with Gasteiger partial charge in [-0.3, -0.25) is 5.43 Å². The van der Waals surface area contributed by atoms with Crippen molar-refractivity contribution in [3.05, 3.63) is 95.6 Å². The van der Waals surface area contributed by atoms with E-state index in [1.165, 1.54) is 24.7 Å². The average molecular weight is 627 g/mol. The number of hydrogen-bond acceptors (Lipinski definition) is 4. The highest BCUT2D eigenvalue weighted by atomic mass is 32.1. The molecule has 0 unspecified atom stereocenters. The minimum Gasteiger partial charge on any atom is -0.331 e. The van der Waals surface area contributed by atoms with Gasteiger partial charge in [0.25, 0.3) is 0 Å². The Bertz CT molecular complexity index is 1600. The van der Waals surface area contributed by atoms with Gasteiger partial charge in [0.1, 0.15) is 12.1 Å². The zero-order valence-electron chi connectivity index (χ0n) is 22.3. The molecule has 0 aliphatic rings. The standard InChI is InChI=1S/C28H22F8N6S/c1-16(2)22-12-9-20(29)13-23(22)39-25(43)40-38-14-17-3-5-18(6-4-17)24-37-15-42(41-24)21-10-7-19(8-11-21)26(30,27(31,32)33)28(34,35)36/h3-16H,1-2H3,(H2,39,40,43). The molecule has 4 aromatic rings. The molecule has 3 aromatic carbocycles. The zero-order valence-corrected chi connectivity index (χ0v) is 23.1. The van der Waals surface area contributed by atoms with Gasteiger partial charge in [-0.1, -0.05) is 56.3 Å². The predicted octanol–water partition coefficient (Wildman–Crippen LogP) is 7.81. The van der Waals surface area contributed by atoms with Crippen LogP contribution in [0.3, 0.4) is 0 Å². The van der Waals surface area contributed by atoms with Crippen molar-refractivity contribution in [3.8, 4) is 17.1 Å². The Labute approximate surface area is 245 Å². The van der Waals surface area contributed by atoms with Crippen LogP contribution in [-0.2, 0) is 5.67 Å². The summed E-state index contributed by atoms with van der Waals surface area (Å²) in [7, 11) is 0. The van der Waals surface area contributed by atoms with Gasteiger partial charge in [-0.25, -0.2) is 18.4 Å². The Balaban J connectivity index is 1.41. The fourth-order valence-electron chi connectivity index (χ4n) is 4.03. The van der Waals surface area contributed by atoms with Crippen LogP contribution in [0.5, 0.6) is 0 Å². The van der Waals surface area contributed by atoms with E-state index >= 15 is 0 Å². The molecule has 15 heteroatoms.